The molecule has 0 unspecified atom stereocenters. The lowest BCUT2D eigenvalue weighted by Gasteiger charge is -2.13. The second-order valence-corrected chi connectivity index (χ2v) is 7.24. The van der Waals surface area contributed by atoms with E-state index in [9.17, 15) is 14.4 Å². The zero-order valence-corrected chi connectivity index (χ0v) is 17.4. The third kappa shape index (κ3) is 5.04. The van der Waals surface area contributed by atoms with E-state index in [1.807, 2.05) is 0 Å². The molecule has 1 saturated carbocycles. The van der Waals surface area contributed by atoms with Crippen LogP contribution in [0, 0.1) is 17.1 Å². The van der Waals surface area contributed by atoms with Crippen molar-refractivity contribution in [3.8, 4) is 23.3 Å². The number of aromatic nitrogens is 1. The Balaban J connectivity index is 1.55. The van der Waals surface area contributed by atoms with Crippen LogP contribution in [0.15, 0.2) is 42.6 Å². The highest BCUT2D eigenvalue weighted by molar-refractivity contribution is 5.90. The van der Waals surface area contributed by atoms with Crippen LogP contribution in [-0.4, -0.2) is 37.4 Å². The molecule has 1 aliphatic rings. The molecule has 0 bridgehead atoms. The minimum absolute atomic E-state index is 0.0553. The fourth-order valence-electron chi connectivity index (χ4n) is 3.04. The number of urea groups is 1. The van der Waals surface area contributed by atoms with Gasteiger partial charge in [-0.25, -0.2) is 9.18 Å². The first-order chi connectivity index (χ1) is 15.6. The first-order valence-electron chi connectivity index (χ1n) is 10.1. The second kappa shape index (κ2) is 9.49. The second-order valence-electron chi connectivity index (χ2n) is 7.24. The number of nitriles is 1. The van der Waals surface area contributed by atoms with Gasteiger partial charge in [-0.3, -0.25) is 4.98 Å². The Morgan fingerprint density at radius 3 is 2.78 bits per heavy atom. The minimum atomic E-state index is -0.627. The Morgan fingerprint density at radius 1 is 1.22 bits per heavy atom. The van der Waals surface area contributed by atoms with Crippen molar-refractivity contribution in [2.75, 3.05) is 25.6 Å². The van der Waals surface area contributed by atoms with Crippen LogP contribution in [0.1, 0.15) is 18.4 Å². The van der Waals surface area contributed by atoms with Gasteiger partial charge in [-0.2, -0.15) is 5.26 Å². The molecule has 32 heavy (non-hydrogen) atoms. The molecule has 0 aliphatic heterocycles. The van der Waals surface area contributed by atoms with Gasteiger partial charge >= 0.3 is 6.03 Å². The summed E-state index contributed by atoms with van der Waals surface area (Å²) in [6.45, 7) is 0.684. The monoisotopic (exact) mass is 436 g/mol. The third-order valence-electron chi connectivity index (χ3n) is 4.80. The summed E-state index contributed by atoms with van der Waals surface area (Å²) in [5.41, 5.74) is 0.933. The van der Waals surface area contributed by atoms with E-state index in [1.54, 1.807) is 37.6 Å². The molecule has 9 heteroatoms. The number of halogens is 1. The van der Waals surface area contributed by atoms with Crippen molar-refractivity contribution in [1.82, 2.24) is 10.3 Å². The minimum Gasteiger partial charge on any atom is -0.490 e. The summed E-state index contributed by atoms with van der Waals surface area (Å²) in [4.78, 5) is 16.1. The third-order valence-corrected chi connectivity index (χ3v) is 4.80. The van der Waals surface area contributed by atoms with Crippen LogP contribution in [0.4, 0.5) is 14.9 Å². The quantitative estimate of drug-likeness (QED) is 0.509. The molecule has 4 rings (SSSR count). The Bertz CT molecular complexity index is 1190. The Kier molecular flexibility index (Phi) is 6.33. The van der Waals surface area contributed by atoms with Crippen LogP contribution in [-0.2, 0) is 4.74 Å². The fraction of sp³-hybridized carbons (Fsp3) is 0.261. The summed E-state index contributed by atoms with van der Waals surface area (Å²) in [5.74, 6) is 0.412. The van der Waals surface area contributed by atoms with Gasteiger partial charge in [-0.15, -0.1) is 0 Å². The topological polar surface area (TPSA) is 106 Å². The van der Waals surface area contributed by atoms with Gasteiger partial charge in [0.05, 0.1) is 23.4 Å². The maximum absolute atomic E-state index is 14.5. The lowest BCUT2D eigenvalue weighted by molar-refractivity contribution is 0.146. The molecular weight excluding hydrogens is 415 g/mol. The number of nitrogens with one attached hydrogen (secondary N) is 2. The molecule has 1 aromatic heterocycles. The molecule has 8 nitrogen and oxygen atoms in total. The zero-order valence-electron chi connectivity index (χ0n) is 17.4. The number of amides is 2. The number of anilines is 1. The molecule has 1 fully saturated rings. The fourth-order valence-corrected chi connectivity index (χ4v) is 3.04. The van der Waals surface area contributed by atoms with Crippen molar-refractivity contribution in [2.24, 2.45) is 0 Å². The molecule has 164 valence electrons. The standard InChI is InChI=1S/C23H21FN4O4/c1-30-8-9-31-22-12-20-17(10-14(22)13-25)21(6-7-26-20)32-16-4-5-19(18(24)11-16)28-23(29)27-15-2-3-15/h4-7,10-12,15H,2-3,8-9H2,1H3,(H2,27,28,29). The largest absolute Gasteiger partial charge is 0.490 e. The summed E-state index contributed by atoms with van der Waals surface area (Å²) >= 11 is 0. The first-order valence-corrected chi connectivity index (χ1v) is 10.1. The van der Waals surface area contributed by atoms with Crippen molar-refractivity contribution in [2.45, 2.75) is 18.9 Å². The number of hydrogen-bond donors (Lipinski definition) is 2. The summed E-state index contributed by atoms with van der Waals surface area (Å²) in [6, 6.07) is 10.9. The molecular formula is C23H21FN4O4. The van der Waals surface area contributed by atoms with Crippen molar-refractivity contribution in [3.05, 3.63) is 54.0 Å². The van der Waals surface area contributed by atoms with Gasteiger partial charge in [0.1, 0.15) is 35.7 Å². The molecule has 3 aromatic rings. The number of hydrogen-bond acceptors (Lipinski definition) is 6. The SMILES string of the molecule is COCCOc1cc2nccc(Oc3ccc(NC(=O)NC4CC4)c(F)c3)c2cc1C#N. The molecule has 2 aromatic carbocycles. The number of nitrogens with zero attached hydrogens (tertiary/aromatic N) is 2. The average molecular weight is 436 g/mol. The Hall–Kier alpha value is -3.90. The zero-order chi connectivity index (χ0) is 22.5. The number of fused-ring (bicyclic) bond motifs is 1. The Morgan fingerprint density at radius 2 is 2.06 bits per heavy atom. The Labute approximate surface area is 183 Å². The molecule has 2 amide bonds. The van der Waals surface area contributed by atoms with E-state index in [4.69, 9.17) is 14.2 Å². The number of pyridine rings is 1. The van der Waals surface area contributed by atoms with Gasteiger partial charge in [0.2, 0.25) is 0 Å². The van der Waals surface area contributed by atoms with Gasteiger partial charge in [-0.1, -0.05) is 0 Å². The lowest BCUT2D eigenvalue weighted by Crippen LogP contribution is -2.30. The van der Waals surface area contributed by atoms with Gasteiger partial charge in [0.25, 0.3) is 0 Å². The highest BCUT2D eigenvalue weighted by Crippen LogP contribution is 2.34. The summed E-state index contributed by atoms with van der Waals surface area (Å²) in [5, 5.41) is 15.3. The molecule has 0 saturated heterocycles. The molecule has 0 spiro atoms. The highest BCUT2D eigenvalue weighted by Gasteiger charge is 2.23. The summed E-state index contributed by atoms with van der Waals surface area (Å²) in [7, 11) is 1.56. The predicted octanol–water partition coefficient (Wildman–Crippen LogP) is 4.35. The van der Waals surface area contributed by atoms with Crippen molar-refractivity contribution < 1.29 is 23.4 Å². The predicted molar refractivity (Wildman–Crippen MR) is 115 cm³/mol. The number of rotatable bonds is 8. The van der Waals surface area contributed by atoms with Crippen molar-refractivity contribution in [1.29, 1.82) is 5.26 Å². The van der Waals surface area contributed by atoms with Gasteiger partial charge < -0.3 is 24.8 Å². The number of benzene rings is 2. The number of ether oxygens (including phenoxy) is 3. The van der Waals surface area contributed by atoms with E-state index in [0.29, 0.717) is 41.2 Å². The van der Waals surface area contributed by atoms with Crippen LogP contribution >= 0.6 is 0 Å². The smallest absolute Gasteiger partial charge is 0.319 e. The van der Waals surface area contributed by atoms with Crippen LogP contribution in [0.2, 0.25) is 0 Å². The average Bonchev–Trinajstić information content (AvgIpc) is 3.59. The highest BCUT2D eigenvalue weighted by atomic mass is 19.1. The number of carbonyl (C=O) groups is 1. The van der Waals surface area contributed by atoms with Crippen LogP contribution in [0.5, 0.6) is 17.2 Å². The van der Waals surface area contributed by atoms with E-state index < -0.39 is 11.8 Å². The molecule has 2 N–H and O–H groups in total. The van der Waals surface area contributed by atoms with Crippen LogP contribution in [0.3, 0.4) is 0 Å². The molecule has 1 aliphatic carbocycles. The van der Waals surface area contributed by atoms with Crippen LogP contribution in [0.25, 0.3) is 10.9 Å². The molecule has 0 atom stereocenters. The summed E-state index contributed by atoms with van der Waals surface area (Å²) in [6.07, 6.45) is 3.44. The van der Waals surface area contributed by atoms with Crippen molar-refractivity contribution >= 4 is 22.6 Å². The van der Waals surface area contributed by atoms with E-state index in [2.05, 4.69) is 21.7 Å². The van der Waals surface area contributed by atoms with Gasteiger partial charge in [-0.05, 0) is 37.1 Å². The van der Waals surface area contributed by atoms with Gasteiger partial charge in [0.15, 0.2) is 0 Å². The molecule has 1 heterocycles. The van der Waals surface area contributed by atoms with E-state index >= 15 is 0 Å². The van der Waals surface area contributed by atoms with E-state index in [1.165, 1.54) is 12.1 Å². The van der Waals surface area contributed by atoms with Crippen LogP contribution < -0.4 is 20.1 Å². The number of carbonyl (C=O) groups excluding carboxylic acids is 1. The lowest BCUT2D eigenvalue weighted by atomic mass is 10.1. The maximum atomic E-state index is 14.5. The van der Waals surface area contributed by atoms with E-state index in [0.717, 1.165) is 12.8 Å². The normalized spacial score (nSPS) is 12.8. The van der Waals surface area contributed by atoms with Gasteiger partial charge in [0, 0.05) is 36.9 Å². The van der Waals surface area contributed by atoms with Crippen molar-refractivity contribution in [3.63, 3.8) is 0 Å². The number of methoxy groups -OCH3 is 1. The molecule has 0 radical (unpaired) electrons. The first kappa shape index (κ1) is 21.3. The summed E-state index contributed by atoms with van der Waals surface area (Å²) < 4.78 is 30.9. The van der Waals surface area contributed by atoms with E-state index in [-0.39, 0.29) is 17.5 Å². The maximum Gasteiger partial charge on any atom is 0.319 e.